The van der Waals surface area contributed by atoms with Crippen molar-refractivity contribution in [3.05, 3.63) is 77.6 Å². The molecule has 1 aromatic carbocycles. The summed E-state index contributed by atoms with van der Waals surface area (Å²) in [7, 11) is 0. The molecule has 26 heavy (non-hydrogen) atoms. The molecule has 0 saturated carbocycles. The molecular formula is C19H15F4N2O. The van der Waals surface area contributed by atoms with Gasteiger partial charge in [0.05, 0.1) is 5.56 Å². The molecule has 1 heterocycles. The SMILES string of the molecule is Nc1ncc(C2=CC[CH]C=C2)cc1OCc1ccc(F)cc1C(F)(F)F. The molecule has 0 aliphatic heterocycles. The van der Waals surface area contributed by atoms with Crippen LogP contribution in [-0.2, 0) is 12.8 Å². The van der Waals surface area contributed by atoms with Crippen molar-refractivity contribution >= 4 is 11.4 Å². The van der Waals surface area contributed by atoms with Gasteiger partial charge in [0, 0.05) is 17.3 Å². The van der Waals surface area contributed by atoms with E-state index in [0.717, 1.165) is 29.7 Å². The first-order chi connectivity index (χ1) is 12.3. The number of rotatable bonds is 4. The van der Waals surface area contributed by atoms with Crippen molar-refractivity contribution in [1.29, 1.82) is 0 Å². The monoisotopic (exact) mass is 363 g/mol. The van der Waals surface area contributed by atoms with E-state index in [9.17, 15) is 17.6 Å². The molecule has 1 aromatic heterocycles. The van der Waals surface area contributed by atoms with Crippen molar-refractivity contribution in [2.45, 2.75) is 19.2 Å². The van der Waals surface area contributed by atoms with E-state index >= 15 is 0 Å². The summed E-state index contributed by atoms with van der Waals surface area (Å²) in [6.45, 7) is -0.410. The molecule has 0 fully saturated rings. The van der Waals surface area contributed by atoms with Gasteiger partial charge in [-0.05, 0) is 36.6 Å². The lowest BCUT2D eigenvalue weighted by Crippen LogP contribution is -2.12. The van der Waals surface area contributed by atoms with Crippen molar-refractivity contribution in [2.24, 2.45) is 0 Å². The quantitative estimate of drug-likeness (QED) is 0.782. The average Bonchev–Trinajstić information content (AvgIpc) is 2.62. The highest BCUT2D eigenvalue weighted by Crippen LogP contribution is 2.34. The highest BCUT2D eigenvalue weighted by Gasteiger charge is 2.34. The van der Waals surface area contributed by atoms with Crippen molar-refractivity contribution < 1.29 is 22.3 Å². The van der Waals surface area contributed by atoms with Crippen LogP contribution >= 0.6 is 0 Å². The van der Waals surface area contributed by atoms with Crippen LogP contribution < -0.4 is 10.5 Å². The summed E-state index contributed by atoms with van der Waals surface area (Å²) in [4.78, 5) is 4.04. The fourth-order valence-corrected chi connectivity index (χ4v) is 2.55. The van der Waals surface area contributed by atoms with Crippen LogP contribution in [0.3, 0.4) is 0 Å². The van der Waals surface area contributed by atoms with E-state index in [0.29, 0.717) is 6.07 Å². The second kappa shape index (κ2) is 7.19. The van der Waals surface area contributed by atoms with Crippen molar-refractivity contribution in [3.8, 4) is 5.75 Å². The summed E-state index contributed by atoms with van der Waals surface area (Å²) >= 11 is 0. The number of nitrogens with two attached hydrogens (primary N) is 1. The Morgan fingerprint density at radius 3 is 2.69 bits per heavy atom. The number of hydrogen-bond acceptors (Lipinski definition) is 3. The van der Waals surface area contributed by atoms with E-state index in [1.54, 1.807) is 12.3 Å². The average molecular weight is 363 g/mol. The van der Waals surface area contributed by atoms with Gasteiger partial charge >= 0.3 is 6.18 Å². The molecule has 1 aliphatic carbocycles. The Kier molecular flexibility index (Phi) is 4.97. The number of pyridine rings is 1. The molecule has 1 aliphatic rings. The topological polar surface area (TPSA) is 48.1 Å². The van der Waals surface area contributed by atoms with E-state index in [1.165, 1.54) is 0 Å². The Bertz CT molecular complexity index is 872. The van der Waals surface area contributed by atoms with Crippen LogP contribution in [0.1, 0.15) is 23.1 Å². The van der Waals surface area contributed by atoms with Gasteiger partial charge in [0.15, 0.2) is 11.6 Å². The fraction of sp³-hybridized carbons (Fsp3) is 0.158. The standard InChI is InChI=1S/C19H15F4N2O/c20-15-7-6-13(16(9-15)19(21,22)23)11-26-17-8-14(10-25-18(17)24)12-4-2-1-3-5-12/h1-2,4-10H,3,11H2,(H2,24,25). The minimum absolute atomic E-state index is 0.0661. The molecule has 7 heteroatoms. The van der Waals surface area contributed by atoms with Gasteiger partial charge in [-0.2, -0.15) is 13.2 Å². The Morgan fingerprint density at radius 1 is 1.19 bits per heavy atom. The van der Waals surface area contributed by atoms with Gasteiger partial charge in [0.2, 0.25) is 0 Å². The van der Waals surface area contributed by atoms with Crippen molar-refractivity contribution in [1.82, 2.24) is 4.98 Å². The molecule has 135 valence electrons. The third-order valence-corrected chi connectivity index (χ3v) is 3.86. The minimum atomic E-state index is -4.68. The number of ether oxygens (including phenoxy) is 1. The number of halogens is 4. The zero-order valence-electron chi connectivity index (χ0n) is 13.6. The number of nitrogen functional groups attached to an aromatic ring is 1. The van der Waals surface area contributed by atoms with Crippen LogP contribution in [0.25, 0.3) is 5.57 Å². The van der Waals surface area contributed by atoms with Crippen LogP contribution in [0.4, 0.5) is 23.4 Å². The summed E-state index contributed by atoms with van der Waals surface area (Å²) in [5, 5.41) is 0. The molecule has 0 unspecified atom stereocenters. The smallest absolute Gasteiger partial charge is 0.416 e. The van der Waals surface area contributed by atoms with Gasteiger partial charge < -0.3 is 10.5 Å². The highest BCUT2D eigenvalue weighted by molar-refractivity contribution is 5.76. The van der Waals surface area contributed by atoms with E-state index in [-0.39, 0.29) is 17.1 Å². The summed E-state index contributed by atoms with van der Waals surface area (Å²) < 4.78 is 57.8. The van der Waals surface area contributed by atoms with Gasteiger partial charge in [-0.3, -0.25) is 0 Å². The lowest BCUT2D eigenvalue weighted by Gasteiger charge is -2.15. The summed E-state index contributed by atoms with van der Waals surface area (Å²) in [6.07, 6.45) is 5.43. The zero-order chi connectivity index (χ0) is 18.7. The molecule has 0 saturated heterocycles. The summed E-state index contributed by atoms with van der Waals surface area (Å²) in [6, 6.07) is 4.08. The molecular weight excluding hydrogens is 348 g/mol. The summed E-state index contributed by atoms with van der Waals surface area (Å²) in [5.41, 5.74) is 6.17. The number of hydrogen-bond donors (Lipinski definition) is 1. The molecule has 2 N–H and O–H groups in total. The zero-order valence-corrected chi connectivity index (χ0v) is 13.6. The Morgan fingerprint density at radius 2 is 2.00 bits per heavy atom. The predicted octanol–water partition coefficient (Wildman–Crippen LogP) is 4.95. The number of nitrogens with zero attached hydrogens (tertiary/aromatic N) is 1. The van der Waals surface area contributed by atoms with Gasteiger partial charge in [-0.1, -0.05) is 24.3 Å². The summed E-state index contributed by atoms with van der Waals surface area (Å²) in [5.74, 6) is -0.725. The number of anilines is 1. The van der Waals surface area contributed by atoms with Gasteiger partial charge in [0.1, 0.15) is 12.4 Å². The van der Waals surface area contributed by atoms with Gasteiger partial charge in [0.25, 0.3) is 0 Å². The molecule has 0 bridgehead atoms. The largest absolute Gasteiger partial charge is 0.485 e. The Hall–Kier alpha value is -2.83. The van der Waals surface area contributed by atoms with E-state index < -0.39 is 24.2 Å². The minimum Gasteiger partial charge on any atom is -0.485 e. The maximum absolute atomic E-state index is 13.2. The lowest BCUT2D eigenvalue weighted by molar-refractivity contribution is -0.138. The van der Waals surface area contributed by atoms with Crippen LogP contribution in [0.5, 0.6) is 5.75 Å². The first-order valence-corrected chi connectivity index (χ1v) is 7.79. The van der Waals surface area contributed by atoms with Crippen LogP contribution in [0, 0.1) is 12.2 Å². The third-order valence-electron chi connectivity index (χ3n) is 3.86. The second-order valence-electron chi connectivity index (χ2n) is 5.69. The Balaban J connectivity index is 1.84. The fourth-order valence-electron chi connectivity index (χ4n) is 2.55. The van der Waals surface area contributed by atoms with Crippen LogP contribution in [-0.4, -0.2) is 4.98 Å². The van der Waals surface area contributed by atoms with Crippen molar-refractivity contribution in [2.75, 3.05) is 5.73 Å². The normalized spacial score (nSPS) is 14.2. The molecule has 1 radical (unpaired) electrons. The molecule has 2 aromatic rings. The van der Waals surface area contributed by atoms with Crippen LogP contribution in [0.15, 0.2) is 48.7 Å². The molecule has 0 atom stereocenters. The maximum Gasteiger partial charge on any atom is 0.416 e. The highest BCUT2D eigenvalue weighted by atomic mass is 19.4. The first kappa shape index (κ1) is 18.0. The Labute approximate surface area is 147 Å². The van der Waals surface area contributed by atoms with Gasteiger partial charge in [-0.15, -0.1) is 0 Å². The van der Waals surface area contributed by atoms with Gasteiger partial charge in [-0.25, -0.2) is 9.37 Å². The first-order valence-electron chi connectivity index (χ1n) is 7.79. The molecule has 0 amide bonds. The third kappa shape index (κ3) is 4.04. The number of allylic oxidation sites excluding steroid dienone is 4. The molecule has 0 spiro atoms. The second-order valence-corrected chi connectivity index (χ2v) is 5.69. The van der Waals surface area contributed by atoms with E-state index in [1.807, 2.05) is 24.6 Å². The molecule has 3 rings (SSSR count). The number of benzene rings is 1. The number of aromatic nitrogens is 1. The lowest BCUT2D eigenvalue weighted by atomic mass is 10.0. The van der Waals surface area contributed by atoms with E-state index in [4.69, 9.17) is 10.5 Å². The molecule has 3 nitrogen and oxygen atoms in total. The van der Waals surface area contributed by atoms with Crippen LogP contribution in [0.2, 0.25) is 0 Å². The van der Waals surface area contributed by atoms with Crippen molar-refractivity contribution in [3.63, 3.8) is 0 Å². The van der Waals surface area contributed by atoms with E-state index in [2.05, 4.69) is 4.98 Å². The predicted molar refractivity (Wildman–Crippen MR) is 90.4 cm³/mol. The maximum atomic E-state index is 13.2. The number of alkyl halides is 3.